The third kappa shape index (κ3) is 3.26. The van der Waals surface area contributed by atoms with E-state index in [9.17, 15) is 0 Å². The van der Waals surface area contributed by atoms with Crippen LogP contribution in [0.4, 0.5) is 0 Å². The first-order valence-corrected chi connectivity index (χ1v) is 5.64. The Morgan fingerprint density at radius 3 is 3.08 bits per heavy atom. The van der Waals surface area contributed by atoms with Crippen LogP contribution in [0.3, 0.4) is 0 Å². The summed E-state index contributed by atoms with van der Waals surface area (Å²) in [5.74, 6) is 2.13. The van der Waals surface area contributed by atoms with Crippen molar-refractivity contribution in [3.8, 4) is 0 Å². The summed E-state index contributed by atoms with van der Waals surface area (Å²) in [5, 5.41) is 9.61. The van der Waals surface area contributed by atoms with Gasteiger partial charge in [0.2, 0.25) is 0 Å². The lowest BCUT2D eigenvalue weighted by atomic mass is 10.3. The fourth-order valence-corrected chi connectivity index (χ4v) is 2.33. The van der Waals surface area contributed by atoms with Crippen LogP contribution in [-0.4, -0.2) is 42.8 Å². The number of likely N-dealkylation sites (N-methyl/N-ethyl adjacent to an activating group) is 1. The Morgan fingerprint density at radius 1 is 1.67 bits per heavy atom. The zero-order valence-electron chi connectivity index (χ0n) is 7.22. The van der Waals surface area contributed by atoms with Crippen LogP contribution in [0.5, 0.6) is 0 Å². The van der Waals surface area contributed by atoms with Crippen LogP contribution in [0.15, 0.2) is 0 Å². The summed E-state index contributed by atoms with van der Waals surface area (Å²) in [5.41, 5.74) is 0. The van der Waals surface area contributed by atoms with Crippen LogP contribution in [0.1, 0.15) is 0 Å². The molecule has 0 bridgehead atoms. The Labute approximate surface area is 83.1 Å². The van der Waals surface area contributed by atoms with E-state index in [0.717, 1.165) is 29.7 Å². The average molecular weight is 205 g/mol. The van der Waals surface area contributed by atoms with Gasteiger partial charge in [-0.3, -0.25) is 5.32 Å². The van der Waals surface area contributed by atoms with E-state index < -0.39 is 0 Å². The highest BCUT2D eigenvalue weighted by atomic mass is 32.2. The zero-order valence-corrected chi connectivity index (χ0v) is 8.86. The van der Waals surface area contributed by atoms with Crippen molar-refractivity contribution in [2.75, 3.05) is 31.8 Å². The summed E-state index contributed by atoms with van der Waals surface area (Å²) >= 11 is 7.11. The minimum atomic E-state index is 0.391. The summed E-state index contributed by atoms with van der Waals surface area (Å²) in [6, 6.07) is 0.391. The van der Waals surface area contributed by atoms with Crippen molar-refractivity contribution >= 4 is 29.0 Å². The molecule has 1 aliphatic rings. The van der Waals surface area contributed by atoms with Crippen molar-refractivity contribution in [3.05, 3.63) is 0 Å². The molecule has 0 aromatic carbocycles. The molecule has 3 nitrogen and oxygen atoms in total. The van der Waals surface area contributed by atoms with E-state index in [1.54, 1.807) is 0 Å². The molecule has 1 unspecified atom stereocenters. The Bertz CT molecular complexity index is 146. The van der Waals surface area contributed by atoms with Crippen molar-refractivity contribution in [3.63, 3.8) is 0 Å². The van der Waals surface area contributed by atoms with Gasteiger partial charge in [-0.2, -0.15) is 0 Å². The van der Waals surface area contributed by atoms with Crippen LogP contribution >= 0.6 is 24.0 Å². The molecule has 5 heteroatoms. The van der Waals surface area contributed by atoms with Crippen LogP contribution < -0.4 is 16.0 Å². The van der Waals surface area contributed by atoms with Crippen molar-refractivity contribution < 1.29 is 0 Å². The standard InChI is InChI=1S/C7H15N3S2/c1-8-2-3-9-7(11)6-4-12-5-10-6/h6,8,10H,2-5H2,1H3,(H,9,11). The van der Waals surface area contributed by atoms with Gasteiger partial charge in [-0.15, -0.1) is 11.8 Å². The normalized spacial score (nSPS) is 22.6. The molecule has 12 heavy (non-hydrogen) atoms. The van der Waals surface area contributed by atoms with E-state index in [1.165, 1.54) is 0 Å². The SMILES string of the molecule is CNCCNC(=S)C1CSCN1. The monoisotopic (exact) mass is 205 g/mol. The number of hydrogen-bond acceptors (Lipinski definition) is 4. The van der Waals surface area contributed by atoms with Gasteiger partial charge in [0.05, 0.1) is 11.0 Å². The second-order valence-corrected chi connectivity index (χ2v) is 4.14. The minimum absolute atomic E-state index is 0.391. The molecule has 0 aromatic heterocycles. The van der Waals surface area contributed by atoms with Crippen molar-refractivity contribution in [2.45, 2.75) is 6.04 Å². The van der Waals surface area contributed by atoms with Crippen LogP contribution in [0.25, 0.3) is 0 Å². The lowest BCUT2D eigenvalue weighted by molar-refractivity contribution is 0.722. The Balaban J connectivity index is 2.10. The third-order valence-corrected chi connectivity index (χ3v) is 3.08. The highest BCUT2D eigenvalue weighted by Gasteiger charge is 2.18. The summed E-state index contributed by atoms with van der Waals surface area (Å²) in [7, 11) is 1.94. The Morgan fingerprint density at radius 2 is 2.50 bits per heavy atom. The van der Waals surface area contributed by atoms with Crippen LogP contribution in [0, 0.1) is 0 Å². The first-order valence-electron chi connectivity index (χ1n) is 4.08. The Kier molecular flexibility index (Phi) is 4.90. The highest BCUT2D eigenvalue weighted by molar-refractivity contribution is 7.99. The maximum absolute atomic E-state index is 5.21. The van der Waals surface area contributed by atoms with Crippen molar-refractivity contribution in [1.82, 2.24) is 16.0 Å². The van der Waals surface area contributed by atoms with Crippen LogP contribution in [0.2, 0.25) is 0 Å². The van der Waals surface area contributed by atoms with Gasteiger partial charge < -0.3 is 10.6 Å². The van der Waals surface area contributed by atoms with Crippen molar-refractivity contribution in [2.24, 2.45) is 0 Å². The molecule has 70 valence electrons. The Hall–Kier alpha value is 0.160. The molecule has 0 saturated carbocycles. The number of thiocarbonyl (C=S) groups is 1. The van der Waals surface area contributed by atoms with Crippen molar-refractivity contribution in [1.29, 1.82) is 0 Å². The third-order valence-electron chi connectivity index (χ3n) is 1.71. The summed E-state index contributed by atoms with van der Waals surface area (Å²) in [6.07, 6.45) is 0. The second-order valence-electron chi connectivity index (χ2n) is 2.67. The molecule has 0 aliphatic carbocycles. The first-order chi connectivity index (χ1) is 5.84. The van der Waals surface area contributed by atoms with E-state index in [0.29, 0.717) is 6.04 Å². The second kappa shape index (κ2) is 5.75. The smallest absolute Gasteiger partial charge is 0.0935 e. The van der Waals surface area contributed by atoms with E-state index in [1.807, 2.05) is 18.8 Å². The number of rotatable bonds is 4. The minimum Gasteiger partial charge on any atom is -0.377 e. The van der Waals surface area contributed by atoms with Gasteiger partial charge in [-0.25, -0.2) is 0 Å². The van der Waals surface area contributed by atoms with E-state index >= 15 is 0 Å². The molecule has 0 aromatic rings. The first kappa shape index (κ1) is 10.2. The quantitative estimate of drug-likeness (QED) is 0.437. The number of nitrogens with one attached hydrogen (secondary N) is 3. The zero-order chi connectivity index (χ0) is 8.81. The fourth-order valence-electron chi connectivity index (χ4n) is 0.998. The summed E-state index contributed by atoms with van der Waals surface area (Å²) in [4.78, 5) is 0.954. The molecule has 3 N–H and O–H groups in total. The van der Waals surface area contributed by atoms with Gasteiger partial charge in [0.1, 0.15) is 0 Å². The molecule has 1 fully saturated rings. The van der Waals surface area contributed by atoms with E-state index in [4.69, 9.17) is 12.2 Å². The van der Waals surface area contributed by atoms with Gasteiger partial charge >= 0.3 is 0 Å². The molecule has 1 rings (SSSR count). The molecular weight excluding hydrogens is 190 g/mol. The summed E-state index contributed by atoms with van der Waals surface area (Å²) in [6.45, 7) is 1.87. The fraction of sp³-hybridized carbons (Fsp3) is 0.857. The van der Waals surface area contributed by atoms with Gasteiger partial charge in [0, 0.05) is 24.7 Å². The molecule has 1 saturated heterocycles. The molecular formula is C7H15N3S2. The van der Waals surface area contributed by atoms with Crippen LogP contribution in [-0.2, 0) is 0 Å². The maximum atomic E-state index is 5.21. The van der Waals surface area contributed by atoms with Gasteiger partial charge in [-0.1, -0.05) is 12.2 Å². The number of hydrogen-bond donors (Lipinski definition) is 3. The lowest BCUT2D eigenvalue weighted by Gasteiger charge is -2.12. The predicted octanol–water partition coefficient (Wildman–Crippen LogP) is -0.215. The predicted molar refractivity (Wildman–Crippen MR) is 58.8 cm³/mol. The van der Waals surface area contributed by atoms with E-state index in [-0.39, 0.29) is 0 Å². The molecule has 0 amide bonds. The molecule has 0 radical (unpaired) electrons. The average Bonchev–Trinajstić information content (AvgIpc) is 2.56. The summed E-state index contributed by atoms with van der Waals surface area (Å²) < 4.78 is 0. The topological polar surface area (TPSA) is 36.1 Å². The maximum Gasteiger partial charge on any atom is 0.0935 e. The van der Waals surface area contributed by atoms with Gasteiger partial charge in [0.15, 0.2) is 0 Å². The molecule has 1 atom stereocenters. The molecule has 0 spiro atoms. The number of thioether (sulfide) groups is 1. The van der Waals surface area contributed by atoms with E-state index in [2.05, 4.69) is 16.0 Å². The van der Waals surface area contributed by atoms with Gasteiger partial charge in [-0.05, 0) is 7.05 Å². The lowest BCUT2D eigenvalue weighted by Crippen LogP contribution is -2.42. The highest BCUT2D eigenvalue weighted by Crippen LogP contribution is 2.09. The largest absolute Gasteiger partial charge is 0.377 e. The van der Waals surface area contributed by atoms with Gasteiger partial charge in [0.25, 0.3) is 0 Å². The molecule has 1 aliphatic heterocycles. The molecule has 1 heterocycles.